The molecule has 2 heterocycles. The summed E-state index contributed by atoms with van der Waals surface area (Å²) in [5, 5.41) is 22.2. The van der Waals surface area contributed by atoms with Gasteiger partial charge in [-0.15, -0.1) is 10.2 Å². The molecule has 0 saturated heterocycles. The molecule has 1 unspecified atom stereocenters. The Bertz CT molecular complexity index is 1210. The van der Waals surface area contributed by atoms with Crippen LogP contribution in [0.4, 0.5) is 4.39 Å². The zero-order valence-corrected chi connectivity index (χ0v) is 16.8. The number of nitrogens with zero attached hydrogens (tertiary/aromatic N) is 4. The number of hydrogen-bond acceptors (Lipinski definition) is 7. The third kappa shape index (κ3) is 5.10. The first kappa shape index (κ1) is 21.1. The summed E-state index contributed by atoms with van der Waals surface area (Å²) < 4.78 is 19.9. The lowest BCUT2D eigenvalue weighted by Crippen LogP contribution is -2.26. The van der Waals surface area contributed by atoms with Crippen molar-refractivity contribution in [3.63, 3.8) is 0 Å². The lowest BCUT2D eigenvalue weighted by atomic mass is 9.98. The SMILES string of the molecule is NC(CC(=O)O)Cc1cccc(-c2ccc(Oc3ncc(-c4nn[nH]n4)cc3F)cc2)c1. The van der Waals surface area contributed by atoms with Crippen LogP contribution >= 0.6 is 0 Å². The third-order valence-corrected chi connectivity index (χ3v) is 4.67. The summed E-state index contributed by atoms with van der Waals surface area (Å²) in [6.45, 7) is 0. The molecule has 0 aliphatic rings. The van der Waals surface area contributed by atoms with Crippen LogP contribution in [0.2, 0.25) is 0 Å². The smallest absolute Gasteiger partial charge is 0.304 e. The fraction of sp³-hybridized carbons (Fsp3) is 0.136. The first-order valence-corrected chi connectivity index (χ1v) is 9.72. The molecule has 1 atom stereocenters. The molecule has 9 nitrogen and oxygen atoms in total. The first-order chi connectivity index (χ1) is 15.5. The molecule has 0 fully saturated rings. The van der Waals surface area contributed by atoms with Crippen molar-refractivity contribution in [1.29, 1.82) is 0 Å². The molecule has 32 heavy (non-hydrogen) atoms. The molecule has 4 N–H and O–H groups in total. The molecule has 0 aliphatic carbocycles. The molecule has 10 heteroatoms. The summed E-state index contributed by atoms with van der Waals surface area (Å²) in [7, 11) is 0. The summed E-state index contributed by atoms with van der Waals surface area (Å²) in [6.07, 6.45) is 1.78. The van der Waals surface area contributed by atoms with E-state index in [4.69, 9.17) is 15.6 Å². The summed E-state index contributed by atoms with van der Waals surface area (Å²) in [5.41, 5.74) is 9.09. The van der Waals surface area contributed by atoms with E-state index in [1.54, 1.807) is 12.1 Å². The Labute approximate surface area is 182 Å². The third-order valence-electron chi connectivity index (χ3n) is 4.67. The predicted molar refractivity (Wildman–Crippen MR) is 113 cm³/mol. The monoisotopic (exact) mass is 434 g/mol. The number of tetrazole rings is 1. The van der Waals surface area contributed by atoms with Gasteiger partial charge >= 0.3 is 5.97 Å². The maximum Gasteiger partial charge on any atom is 0.304 e. The number of carbonyl (C=O) groups is 1. The van der Waals surface area contributed by atoms with Crippen molar-refractivity contribution >= 4 is 5.97 Å². The Morgan fingerprint density at radius 3 is 2.62 bits per heavy atom. The average molecular weight is 434 g/mol. The molecule has 0 saturated carbocycles. The van der Waals surface area contributed by atoms with Gasteiger partial charge in [0.2, 0.25) is 5.82 Å². The van der Waals surface area contributed by atoms with Crippen LogP contribution in [-0.2, 0) is 11.2 Å². The highest BCUT2D eigenvalue weighted by Gasteiger charge is 2.12. The number of nitrogens with two attached hydrogens (primary N) is 1. The van der Waals surface area contributed by atoms with Crippen LogP contribution in [0.1, 0.15) is 12.0 Å². The number of H-pyrrole nitrogens is 1. The normalized spacial score (nSPS) is 11.8. The fourth-order valence-electron chi connectivity index (χ4n) is 3.21. The molecule has 0 radical (unpaired) electrons. The quantitative estimate of drug-likeness (QED) is 0.384. The van der Waals surface area contributed by atoms with Crippen LogP contribution in [0.5, 0.6) is 11.6 Å². The number of ether oxygens (including phenoxy) is 1. The Morgan fingerprint density at radius 1 is 1.12 bits per heavy atom. The molecule has 4 rings (SSSR count). The molecule has 0 bridgehead atoms. The molecule has 2 aromatic heterocycles. The largest absolute Gasteiger partial charge is 0.481 e. The van der Waals surface area contributed by atoms with Crippen molar-refractivity contribution in [2.24, 2.45) is 5.73 Å². The lowest BCUT2D eigenvalue weighted by molar-refractivity contribution is -0.137. The fourth-order valence-corrected chi connectivity index (χ4v) is 3.21. The van der Waals surface area contributed by atoms with Crippen LogP contribution in [0, 0.1) is 5.82 Å². The van der Waals surface area contributed by atoms with E-state index in [9.17, 15) is 9.18 Å². The molecule has 4 aromatic rings. The van der Waals surface area contributed by atoms with Gasteiger partial charge in [0.1, 0.15) is 5.75 Å². The maximum atomic E-state index is 14.4. The number of benzene rings is 2. The number of rotatable bonds is 8. The highest BCUT2D eigenvalue weighted by molar-refractivity contribution is 5.68. The average Bonchev–Trinajstić information content (AvgIpc) is 3.30. The molecule has 162 valence electrons. The second-order valence-electron chi connectivity index (χ2n) is 7.14. The molecular formula is C22H19FN6O3. The van der Waals surface area contributed by atoms with Crippen molar-refractivity contribution in [3.05, 3.63) is 72.2 Å². The van der Waals surface area contributed by atoms with Gasteiger partial charge < -0.3 is 15.6 Å². The number of halogens is 1. The summed E-state index contributed by atoms with van der Waals surface area (Å²) in [6, 6.07) is 15.6. The van der Waals surface area contributed by atoms with Gasteiger partial charge in [-0.05, 0) is 46.5 Å². The van der Waals surface area contributed by atoms with Crippen molar-refractivity contribution in [1.82, 2.24) is 25.6 Å². The van der Waals surface area contributed by atoms with Gasteiger partial charge in [-0.25, -0.2) is 9.37 Å². The van der Waals surface area contributed by atoms with E-state index in [0.717, 1.165) is 16.7 Å². The van der Waals surface area contributed by atoms with E-state index >= 15 is 0 Å². The summed E-state index contributed by atoms with van der Waals surface area (Å²) >= 11 is 0. The standard InChI is InChI=1S/C22H19FN6O3/c23-19-10-16(21-26-28-29-27-21)12-25-22(19)32-18-6-4-14(5-7-18)15-3-1-2-13(8-15)9-17(24)11-20(30)31/h1-8,10,12,17H,9,11,24H2,(H,30,31)(H,26,27,28,29). The maximum absolute atomic E-state index is 14.4. The van der Waals surface area contributed by atoms with E-state index in [0.29, 0.717) is 17.7 Å². The second-order valence-corrected chi connectivity index (χ2v) is 7.14. The van der Waals surface area contributed by atoms with E-state index in [-0.39, 0.29) is 18.1 Å². The minimum absolute atomic E-state index is 0.0864. The van der Waals surface area contributed by atoms with Gasteiger partial charge in [-0.1, -0.05) is 36.4 Å². The zero-order valence-electron chi connectivity index (χ0n) is 16.8. The number of carboxylic acid groups (broad SMARTS) is 1. The number of nitrogens with one attached hydrogen (secondary N) is 1. The molecule has 0 spiro atoms. The van der Waals surface area contributed by atoms with Gasteiger partial charge in [0, 0.05) is 17.8 Å². The van der Waals surface area contributed by atoms with Gasteiger partial charge in [-0.3, -0.25) is 4.79 Å². The molecule has 0 aliphatic heterocycles. The minimum atomic E-state index is -0.917. The van der Waals surface area contributed by atoms with Crippen LogP contribution in [0.3, 0.4) is 0 Å². The first-order valence-electron chi connectivity index (χ1n) is 9.72. The van der Waals surface area contributed by atoms with Crippen LogP contribution in [0.25, 0.3) is 22.5 Å². The zero-order chi connectivity index (χ0) is 22.5. The van der Waals surface area contributed by atoms with E-state index in [1.807, 2.05) is 36.4 Å². The van der Waals surface area contributed by atoms with E-state index < -0.39 is 17.8 Å². The van der Waals surface area contributed by atoms with Crippen molar-refractivity contribution in [2.75, 3.05) is 0 Å². The van der Waals surface area contributed by atoms with Crippen molar-refractivity contribution in [3.8, 4) is 34.1 Å². The number of aromatic amines is 1. The van der Waals surface area contributed by atoms with E-state index in [2.05, 4.69) is 25.6 Å². The molecule has 0 amide bonds. The Kier molecular flexibility index (Phi) is 6.13. The number of pyridine rings is 1. The van der Waals surface area contributed by atoms with Crippen molar-refractivity contribution < 1.29 is 19.0 Å². The number of aromatic nitrogens is 5. The van der Waals surface area contributed by atoms with E-state index in [1.165, 1.54) is 12.3 Å². The Hall–Kier alpha value is -4.18. The van der Waals surface area contributed by atoms with Gasteiger partial charge in [0.25, 0.3) is 5.88 Å². The summed E-state index contributed by atoms with van der Waals surface area (Å²) in [4.78, 5) is 14.8. The van der Waals surface area contributed by atoms with Gasteiger partial charge in [0.15, 0.2) is 5.82 Å². The number of carboxylic acids is 1. The topological polar surface area (TPSA) is 140 Å². The predicted octanol–water partition coefficient (Wildman–Crippen LogP) is 3.20. The molecular weight excluding hydrogens is 415 g/mol. The van der Waals surface area contributed by atoms with Crippen LogP contribution < -0.4 is 10.5 Å². The van der Waals surface area contributed by atoms with Gasteiger partial charge in [-0.2, -0.15) is 5.21 Å². The Morgan fingerprint density at radius 2 is 1.94 bits per heavy atom. The summed E-state index contributed by atoms with van der Waals surface area (Å²) in [5.74, 6) is -1.08. The number of aliphatic carboxylic acids is 1. The Balaban J connectivity index is 1.46. The van der Waals surface area contributed by atoms with Crippen LogP contribution in [-0.4, -0.2) is 42.7 Å². The highest BCUT2D eigenvalue weighted by Crippen LogP contribution is 2.28. The van der Waals surface area contributed by atoms with Crippen LogP contribution in [0.15, 0.2) is 60.8 Å². The highest BCUT2D eigenvalue weighted by atomic mass is 19.1. The lowest BCUT2D eigenvalue weighted by Gasteiger charge is -2.11. The minimum Gasteiger partial charge on any atom is -0.481 e. The van der Waals surface area contributed by atoms with Crippen molar-refractivity contribution in [2.45, 2.75) is 18.9 Å². The number of hydrogen-bond donors (Lipinski definition) is 3. The van der Waals surface area contributed by atoms with Gasteiger partial charge in [0.05, 0.1) is 6.42 Å². The molecule has 2 aromatic carbocycles. The second kappa shape index (κ2) is 9.31.